The number of amides is 1. The highest BCUT2D eigenvalue weighted by atomic mass is 16.4. The van der Waals surface area contributed by atoms with Gasteiger partial charge in [-0.2, -0.15) is 0 Å². The first-order valence-electron chi connectivity index (χ1n) is 7.37. The Hall–Kier alpha value is -2.30. The van der Waals surface area contributed by atoms with Crippen LogP contribution in [0.2, 0.25) is 0 Å². The summed E-state index contributed by atoms with van der Waals surface area (Å²) < 4.78 is 5.51. The fourth-order valence-corrected chi connectivity index (χ4v) is 2.95. The molecule has 0 spiro atoms. The molecular formula is C17H19NO4. The van der Waals surface area contributed by atoms with Crippen molar-refractivity contribution in [2.45, 2.75) is 26.7 Å². The molecule has 1 amide bonds. The Kier molecular flexibility index (Phi) is 3.43. The number of carboxylic acids is 1. The molecule has 1 unspecified atom stereocenters. The van der Waals surface area contributed by atoms with Gasteiger partial charge in [-0.15, -0.1) is 0 Å². The van der Waals surface area contributed by atoms with Gasteiger partial charge in [-0.1, -0.05) is 12.1 Å². The van der Waals surface area contributed by atoms with Gasteiger partial charge in [-0.05, 0) is 31.9 Å². The molecule has 1 atom stereocenters. The Morgan fingerprint density at radius 1 is 1.41 bits per heavy atom. The van der Waals surface area contributed by atoms with E-state index >= 15 is 0 Å². The molecule has 1 saturated heterocycles. The molecule has 1 N–H and O–H groups in total. The quantitative estimate of drug-likeness (QED) is 0.946. The zero-order valence-electron chi connectivity index (χ0n) is 12.8. The van der Waals surface area contributed by atoms with E-state index in [0.29, 0.717) is 13.0 Å². The zero-order valence-corrected chi connectivity index (χ0v) is 12.8. The van der Waals surface area contributed by atoms with Crippen molar-refractivity contribution in [1.29, 1.82) is 0 Å². The van der Waals surface area contributed by atoms with Crippen LogP contribution in [0.5, 0.6) is 0 Å². The Morgan fingerprint density at radius 3 is 2.86 bits per heavy atom. The van der Waals surface area contributed by atoms with Gasteiger partial charge in [0.25, 0.3) is 0 Å². The second kappa shape index (κ2) is 5.16. The van der Waals surface area contributed by atoms with Crippen LogP contribution in [0.25, 0.3) is 11.0 Å². The van der Waals surface area contributed by atoms with Gasteiger partial charge in [0.05, 0.1) is 18.1 Å². The predicted octanol–water partition coefficient (Wildman–Crippen LogP) is 2.61. The molecule has 22 heavy (non-hydrogen) atoms. The van der Waals surface area contributed by atoms with Crippen LogP contribution in [0.15, 0.2) is 28.9 Å². The van der Waals surface area contributed by atoms with Crippen molar-refractivity contribution in [2.24, 2.45) is 5.41 Å². The highest BCUT2D eigenvalue weighted by Crippen LogP contribution is 2.31. The first-order chi connectivity index (χ1) is 10.4. The minimum absolute atomic E-state index is 0.0479. The molecular weight excluding hydrogens is 282 g/mol. The van der Waals surface area contributed by atoms with E-state index in [-0.39, 0.29) is 18.9 Å². The van der Waals surface area contributed by atoms with Gasteiger partial charge in [0.2, 0.25) is 5.91 Å². The first-order valence-corrected chi connectivity index (χ1v) is 7.37. The zero-order chi connectivity index (χ0) is 15.9. The van der Waals surface area contributed by atoms with E-state index in [0.717, 1.165) is 22.1 Å². The first kappa shape index (κ1) is 14.6. The number of hydrogen-bond acceptors (Lipinski definition) is 3. The second-order valence-corrected chi connectivity index (χ2v) is 6.37. The third-order valence-electron chi connectivity index (χ3n) is 4.50. The van der Waals surface area contributed by atoms with Crippen molar-refractivity contribution in [3.05, 3.63) is 35.6 Å². The third-order valence-corrected chi connectivity index (χ3v) is 4.50. The second-order valence-electron chi connectivity index (χ2n) is 6.37. The third kappa shape index (κ3) is 2.47. The molecule has 0 saturated carbocycles. The lowest BCUT2D eigenvalue weighted by molar-refractivity contribution is -0.147. The summed E-state index contributed by atoms with van der Waals surface area (Å²) in [6.45, 7) is 4.45. The van der Waals surface area contributed by atoms with Crippen molar-refractivity contribution in [1.82, 2.24) is 4.90 Å². The number of hydrogen-bond donors (Lipinski definition) is 1. The number of aryl methyl sites for hydroxylation is 1. The van der Waals surface area contributed by atoms with E-state index < -0.39 is 11.4 Å². The molecule has 0 radical (unpaired) electrons. The fraction of sp³-hybridized carbons (Fsp3) is 0.412. The summed E-state index contributed by atoms with van der Waals surface area (Å²) in [6.07, 6.45) is 2.36. The van der Waals surface area contributed by atoms with Gasteiger partial charge in [0.1, 0.15) is 5.58 Å². The number of benzene rings is 1. The Balaban J connectivity index is 1.76. The van der Waals surface area contributed by atoms with Crippen LogP contribution in [0.4, 0.5) is 0 Å². The summed E-state index contributed by atoms with van der Waals surface area (Å²) in [5.74, 6) is -0.889. The standard InChI is InChI=1S/C17H19NO4/c1-11-3-4-13-12(9-22-14(13)7-11)8-15(19)18-6-5-17(2,10-18)16(20)21/h3-4,7,9H,5-6,8,10H2,1-2H3,(H,20,21). The molecule has 5 heteroatoms. The Bertz CT molecular complexity index is 748. The Morgan fingerprint density at radius 2 is 2.18 bits per heavy atom. The number of carboxylic acid groups (broad SMARTS) is 1. The SMILES string of the molecule is Cc1ccc2c(CC(=O)N3CCC(C)(C(=O)O)C3)coc2c1. The maximum atomic E-state index is 12.4. The van der Waals surface area contributed by atoms with E-state index in [9.17, 15) is 14.7 Å². The van der Waals surface area contributed by atoms with Crippen molar-refractivity contribution >= 4 is 22.8 Å². The average Bonchev–Trinajstić information content (AvgIpc) is 3.04. The van der Waals surface area contributed by atoms with Crippen LogP contribution in [0.3, 0.4) is 0 Å². The molecule has 116 valence electrons. The number of fused-ring (bicyclic) bond motifs is 1. The molecule has 2 aromatic rings. The number of carbonyl (C=O) groups excluding carboxylic acids is 1. The molecule has 1 aromatic heterocycles. The maximum absolute atomic E-state index is 12.4. The van der Waals surface area contributed by atoms with E-state index in [2.05, 4.69) is 0 Å². The monoisotopic (exact) mass is 301 g/mol. The molecule has 1 fully saturated rings. The fourth-order valence-electron chi connectivity index (χ4n) is 2.95. The van der Waals surface area contributed by atoms with Crippen molar-refractivity contribution in [3.8, 4) is 0 Å². The summed E-state index contributed by atoms with van der Waals surface area (Å²) in [6, 6.07) is 5.89. The molecule has 3 rings (SSSR count). The van der Waals surface area contributed by atoms with Gasteiger partial charge in [-0.3, -0.25) is 9.59 Å². The average molecular weight is 301 g/mol. The lowest BCUT2D eigenvalue weighted by atomic mass is 9.90. The normalized spacial score (nSPS) is 21.5. The minimum atomic E-state index is -0.841. The molecule has 2 heterocycles. The maximum Gasteiger partial charge on any atom is 0.311 e. The molecule has 0 bridgehead atoms. The summed E-state index contributed by atoms with van der Waals surface area (Å²) >= 11 is 0. The van der Waals surface area contributed by atoms with E-state index in [4.69, 9.17) is 4.42 Å². The van der Waals surface area contributed by atoms with Crippen LogP contribution < -0.4 is 0 Å². The Labute approximate surface area is 128 Å². The van der Waals surface area contributed by atoms with Gasteiger partial charge in [0, 0.05) is 24.0 Å². The molecule has 5 nitrogen and oxygen atoms in total. The lowest BCUT2D eigenvalue weighted by Gasteiger charge is -2.20. The summed E-state index contributed by atoms with van der Waals surface area (Å²) in [5.41, 5.74) is 1.91. The summed E-state index contributed by atoms with van der Waals surface area (Å²) in [7, 11) is 0. The van der Waals surface area contributed by atoms with Crippen LogP contribution >= 0.6 is 0 Å². The summed E-state index contributed by atoms with van der Waals surface area (Å²) in [5, 5.41) is 10.2. The minimum Gasteiger partial charge on any atom is -0.481 e. The number of aliphatic carboxylic acids is 1. The number of carbonyl (C=O) groups is 2. The van der Waals surface area contributed by atoms with Gasteiger partial charge in [-0.25, -0.2) is 0 Å². The van der Waals surface area contributed by atoms with E-state index in [1.807, 2.05) is 25.1 Å². The molecule has 1 aromatic carbocycles. The number of likely N-dealkylation sites (tertiary alicyclic amines) is 1. The molecule has 1 aliphatic heterocycles. The lowest BCUT2D eigenvalue weighted by Crippen LogP contribution is -2.35. The molecule has 0 aliphatic carbocycles. The molecule has 1 aliphatic rings. The predicted molar refractivity (Wildman–Crippen MR) is 81.6 cm³/mol. The van der Waals surface area contributed by atoms with Crippen LogP contribution in [0.1, 0.15) is 24.5 Å². The number of furan rings is 1. The van der Waals surface area contributed by atoms with Crippen molar-refractivity contribution < 1.29 is 19.1 Å². The largest absolute Gasteiger partial charge is 0.481 e. The van der Waals surface area contributed by atoms with Gasteiger partial charge >= 0.3 is 5.97 Å². The highest BCUT2D eigenvalue weighted by molar-refractivity contribution is 5.88. The topological polar surface area (TPSA) is 70.8 Å². The number of nitrogens with zero attached hydrogens (tertiary/aromatic N) is 1. The highest BCUT2D eigenvalue weighted by Gasteiger charge is 2.42. The van der Waals surface area contributed by atoms with Gasteiger partial charge in [0.15, 0.2) is 0 Å². The van der Waals surface area contributed by atoms with E-state index in [1.165, 1.54) is 0 Å². The number of rotatable bonds is 3. The van der Waals surface area contributed by atoms with Crippen molar-refractivity contribution in [2.75, 3.05) is 13.1 Å². The van der Waals surface area contributed by atoms with Gasteiger partial charge < -0.3 is 14.4 Å². The van der Waals surface area contributed by atoms with Crippen LogP contribution in [0, 0.1) is 12.3 Å². The smallest absolute Gasteiger partial charge is 0.311 e. The van der Waals surface area contributed by atoms with Crippen LogP contribution in [-0.2, 0) is 16.0 Å². The van der Waals surface area contributed by atoms with Crippen LogP contribution in [-0.4, -0.2) is 35.0 Å². The summed E-state index contributed by atoms with van der Waals surface area (Å²) in [4.78, 5) is 25.3. The van der Waals surface area contributed by atoms with E-state index in [1.54, 1.807) is 18.1 Å². The van der Waals surface area contributed by atoms with Crippen molar-refractivity contribution in [3.63, 3.8) is 0 Å².